The van der Waals surface area contributed by atoms with Gasteiger partial charge in [0.2, 0.25) is 11.8 Å². The zero-order chi connectivity index (χ0) is 20.6. The van der Waals surface area contributed by atoms with Crippen LogP contribution < -0.4 is 10.6 Å². The maximum Gasteiger partial charge on any atom is 0.338 e. The summed E-state index contributed by atoms with van der Waals surface area (Å²) in [6.07, 6.45) is 7.19. The summed E-state index contributed by atoms with van der Waals surface area (Å²) in [7, 11) is 1.33. The normalized spacial score (nSPS) is 29.4. The van der Waals surface area contributed by atoms with E-state index in [1.807, 2.05) is 0 Å². The van der Waals surface area contributed by atoms with E-state index in [0.29, 0.717) is 23.4 Å². The van der Waals surface area contributed by atoms with Gasteiger partial charge in [-0.1, -0.05) is 6.07 Å². The molecule has 4 saturated carbocycles. The van der Waals surface area contributed by atoms with Crippen molar-refractivity contribution < 1.29 is 19.1 Å². The fourth-order valence-electron chi connectivity index (χ4n) is 6.18. The molecule has 2 N–H and O–H groups in total. The Bertz CT molecular complexity index is 797. The van der Waals surface area contributed by atoms with E-state index in [2.05, 4.69) is 10.6 Å². The van der Waals surface area contributed by atoms with E-state index in [4.69, 9.17) is 4.74 Å². The van der Waals surface area contributed by atoms with Crippen LogP contribution in [0, 0.1) is 30.1 Å². The monoisotopic (exact) mass is 398 g/mol. The van der Waals surface area contributed by atoms with E-state index in [-0.39, 0.29) is 23.7 Å². The first-order valence-corrected chi connectivity index (χ1v) is 10.7. The average molecular weight is 399 g/mol. The van der Waals surface area contributed by atoms with Gasteiger partial charge in [-0.3, -0.25) is 9.59 Å². The summed E-state index contributed by atoms with van der Waals surface area (Å²) in [6, 6.07) is 5.14. The molecule has 0 unspecified atom stereocenters. The number of methoxy groups -OCH3 is 1. The van der Waals surface area contributed by atoms with Gasteiger partial charge in [0.1, 0.15) is 0 Å². The first kappa shape index (κ1) is 19.9. The summed E-state index contributed by atoms with van der Waals surface area (Å²) in [6.45, 7) is 2.11. The molecular weight excluding hydrogens is 368 g/mol. The molecule has 0 aromatic heterocycles. The lowest BCUT2D eigenvalue weighted by molar-refractivity contribution is -0.146. The minimum Gasteiger partial charge on any atom is -0.465 e. The van der Waals surface area contributed by atoms with Crippen molar-refractivity contribution in [2.45, 2.75) is 51.9 Å². The lowest BCUT2D eigenvalue weighted by Gasteiger charge is -2.55. The van der Waals surface area contributed by atoms with Crippen molar-refractivity contribution in [3.05, 3.63) is 29.3 Å². The Kier molecular flexibility index (Phi) is 5.36. The summed E-state index contributed by atoms with van der Waals surface area (Å²) >= 11 is 0. The van der Waals surface area contributed by atoms with E-state index < -0.39 is 5.97 Å². The number of anilines is 1. The fourth-order valence-corrected chi connectivity index (χ4v) is 6.18. The van der Waals surface area contributed by atoms with Crippen molar-refractivity contribution in [2.75, 3.05) is 19.0 Å². The van der Waals surface area contributed by atoms with E-state index in [1.165, 1.54) is 26.4 Å². The third-order valence-corrected chi connectivity index (χ3v) is 7.17. The highest BCUT2D eigenvalue weighted by atomic mass is 16.5. The van der Waals surface area contributed by atoms with Crippen molar-refractivity contribution in [2.24, 2.45) is 23.2 Å². The number of ether oxygens (including phenoxy) is 1. The van der Waals surface area contributed by atoms with Crippen molar-refractivity contribution in [1.29, 1.82) is 0 Å². The molecule has 1 aromatic rings. The molecule has 4 bridgehead atoms. The summed E-state index contributed by atoms with van der Waals surface area (Å²) in [4.78, 5) is 37.1. The van der Waals surface area contributed by atoms with Crippen molar-refractivity contribution >= 4 is 23.5 Å². The zero-order valence-corrected chi connectivity index (χ0v) is 17.3. The minimum absolute atomic E-state index is 0.147. The third kappa shape index (κ3) is 3.89. The number of esters is 1. The van der Waals surface area contributed by atoms with Gasteiger partial charge in [0.25, 0.3) is 0 Å². The molecular formula is C23H30N2O4. The Morgan fingerprint density at radius 2 is 1.69 bits per heavy atom. The van der Waals surface area contributed by atoms with Crippen molar-refractivity contribution in [3.63, 3.8) is 0 Å². The third-order valence-electron chi connectivity index (χ3n) is 7.17. The highest BCUT2D eigenvalue weighted by molar-refractivity contribution is 5.97. The second kappa shape index (κ2) is 7.81. The highest BCUT2D eigenvalue weighted by Gasteiger charge is 2.54. The van der Waals surface area contributed by atoms with Crippen LogP contribution in [0.2, 0.25) is 0 Å². The molecule has 0 heterocycles. The summed E-state index contributed by atoms with van der Waals surface area (Å²) in [5, 5.41) is 5.88. The van der Waals surface area contributed by atoms with Gasteiger partial charge in [-0.05, 0) is 80.9 Å². The molecule has 4 fully saturated rings. The molecule has 29 heavy (non-hydrogen) atoms. The molecule has 1 aromatic carbocycles. The second-order valence-corrected chi connectivity index (χ2v) is 9.22. The van der Waals surface area contributed by atoms with Gasteiger partial charge in [0.05, 0.1) is 12.7 Å². The summed E-state index contributed by atoms with van der Waals surface area (Å²) in [5.74, 6) is 1.71. The number of carbonyl (C=O) groups is 3. The van der Waals surface area contributed by atoms with Crippen LogP contribution in [0.1, 0.15) is 60.9 Å². The molecule has 6 nitrogen and oxygen atoms in total. The van der Waals surface area contributed by atoms with E-state index in [1.54, 1.807) is 25.1 Å². The van der Waals surface area contributed by atoms with Crippen LogP contribution in [0.3, 0.4) is 0 Å². The molecule has 4 aliphatic rings. The van der Waals surface area contributed by atoms with Crippen LogP contribution >= 0.6 is 0 Å². The molecule has 0 radical (unpaired) electrons. The second-order valence-electron chi connectivity index (χ2n) is 9.22. The largest absolute Gasteiger partial charge is 0.465 e. The Morgan fingerprint density at radius 3 is 2.28 bits per heavy atom. The maximum atomic E-state index is 12.9. The Morgan fingerprint density at radius 1 is 1.07 bits per heavy atom. The number of hydrogen-bond acceptors (Lipinski definition) is 4. The van der Waals surface area contributed by atoms with Gasteiger partial charge in [-0.2, -0.15) is 0 Å². The Hall–Kier alpha value is -2.37. The van der Waals surface area contributed by atoms with Crippen LogP contribution in [0.5, 0.6) is 0 Å². The highest BCUT2D eigenvalue weighted by Crippen LogP contribution is 2.60. The molecule has 0 spiro atoms. The topological polar surface area (TPSA) is 84.5 Å². The SMILES string of the molecule is COC(=O)c1cccc(NC(=O)CCNC(=O)C23CC4CC(CC(C4)C2)C3)c1C. The molecule has 0 aliphatic heterocycles. The minimum atomic E-state index is -0.429. The molecule has 4 aliphatic carbocycles. The number of nitrogens with one attached hydrogen (secondary N) is 2. The van der Waals surface area contributed by atoms with Crippen LogP contribution in [-0.2, 0) is 14.3 Å². The summed E-state index contributed by atoms with van der Waals surface area (Å²) < 4.78 is 4.77. The van der Waals surface area contributed by atoms with E-state index in [0.717, 1.165) is 37.0 Å². The van der Waals surface area contributed by atoms with Crippen LogP contribution in [0.15, 0.2) is 18.2 Å². The molecule has 0 atom stereocenters. The maximum absolute atomic E-state index is 12.9. The van der Waals surface area contributed by atoms with Gasteiger partial charge in [-0.15, -0.1) is 0 Å². The van der Waals surface area contributed by atoms with Gasteiger partial charge < -0.3 is 15.4 Å². The lowest BCUT2D eigenvalue weighted by Crippen LogP contribution is -2.53. The quantitative estimate of drug-likeness (QED) is 0.719. The Balaban J connectivity index is 1.30. The molecule has 6 heteroatoms. The van der Waals surface area contributed by atoms with Crippen molar-refractivity contribution in [1.82, 2.24) is 5.32 Å². The first-order valence-electron chi connectivity index (χ1n) is 10.7. The number of hydrogen-bond donors (Lipinski definition) is 2. The predicted molar refractivity (Wildman–Crippen MR) is 109 cm³/mol. The van der Waals surface area contributed by atoms with Gasteiger partial charge in [0, 0.05) is 24.1 Å². The average Bonchev–Trinajstić information content (AvgIpc) is 2.68. The number of amides is 2. The van der Waals surface area contributed by atoms with Gasteiger partial charge in [0.15, 0.2) is 0 Å². The number of carbonyl (C=O) groups excluding carboxylic acids is 3. The Labute approximate surface area is 171 Å². The summed E-state index contributed by atoms with van der Waals surface area (Å²) in [5.41, 5.74) is 1.51. The number of benzene rings is 1. The van der Waals surface area contributed by atoms with Crippen LogP contribution in [0.4, 0.5) is 5.69 Å². The molecule has 2 amide bonds. The predicted octanol–water partition coefficient (Wildman–Crippen LogP) is 3.44. The molecule has 0 saturated heterocycles. The van der Waals surface area contributed by atoms with Gasteiger partial charge >= 0.3 is 5.97 Å². The number of rotatable bonds is 6. The smallest absolute Gasteiger partial charge is 0.338 e. The molecule has 5 rings (SSSR count). The van der Waals surface area contributed by atoms with E-state index >= 15 is 0 Å². The van der Waals surface area contributed by atoms with Crippen LogP contribution in [0.25, 0.3) is 0 Å². The van der Waals surface area contributed by atoms with Crippen molar-refractivity contribution in [3.8, 4) is 0 Å². The van der Waals surface area contributed by atoms with Gasteiger partial charge in [-0.25, -0.2) is 4.79 Å². The lowest BCUT2D eigenvalue weighted by atomic mass is 9.49. The van der Waals surface area contributed by atoms with E-state index in [9.17, 15) is 14.4 Å². The zero-order valence-electron chi connectivity index (χ0n) is 17.3. The standard InChI is InChI=1S/C23H30N2O4/c1-14-18(21(27)29-2)4-3-5-19(14)25-20(26)6-7-24-22(28)23-11-15-8-16(12-23)10-17(9-15)13-23/h3-5,15-17H,6-13H2,1-2H3,(H,24,28)(H,25,26). The fraction of sp³-hybridized carbons (Fsp3) is 0.609. The van der Waals surface area contributed by atoms with Crippen LogP contribution in [-0.4, -0.2) is 31.4 Å². The molecule has 156 valence electrons. The first-order chi connectivity index (χ1) is 13.9.